The van der Waals surface area contributed by atoms with Crippen molar-refractivity contribution in [3.05, 3.63) is 18.1 Å². The van der Waals surface area contributed by atoms with Crippen molar-refractivity contribution in [2.24, 2.45) is 5.41 Å². The van der Waals surface area contributed by atoms with Gasteiger partial charge in [-0.1, -0.05) is 13.3 Å². The highest BCUT2D eigenvalue weighted by Gasteiger charge is 2.42. The van der Waals surface area contributed by atoms with Crippen molar-refractivity contribution in [2.75, 3.05) is 24.6 Å². The van der Waals surface area contributed by atoms with Gasteiger partial charge in [0.1, 0.15) is 11.3 Å². The van der Waals surface area contributed by atoms with Crippen molar-refractivity contribution in [3.8, 4) is 0 Å². The van der Waals surface area contributed by atoms with Crippen molar-refractivity contribution in [3.63, 3.8) is 0 Å². The quantitative estimate of drug-likeness (QED) is 0.799. The molecular formula is C16H24N4O2. The lowest BCUT2D eigenvalue weighted by atomic mass is 9.74. The van der Waals surface area contributed by atoms with Crippen LogP contribution >= 0.6 is 0 Å². The number of aryl methyl sites for hydroxylation is 1. The number of hydrogen-bond donors (Lipinski definition) is 3. The Balaban J connectivity index is 1.98. The van der Waals surface area contributed by atoms with Crippen molar-refractivity contribution in [1.82, 2.24) is 15.0 Å². The van der Waals surface area contributed by atoms with Crippen LogP contribution in [0.5, 0.6) is 0 Å². The molecule has 3 rings (SSSR count). The molecule has 3 heterocycles. The molecule has 0 spiro atoms. The summed E-state index contributed by atoms with van der Waals surface area (Å²) in [7, 11) is 0. The topological polar surface area (TPSA) is 85.3 Å². The van der Waals surface area contributed by atoms with Crippen LogP contribution in [0.25, 0.3) is 11.0 Å². The lowest BCUT2D eigenvalue weighted by Gasteiger charge is -2.45. The van der Waals surface area contributed by atoms with E-state index in [9.17, 15) is 10.2 Å². The molecule has 0 bridgehead atoms. The number of aliphatic hydroxyl groups excluding tert-OH is 2. The second kappa shape index (κ2) is 5.85. The highest BCUT2D eigenvalue weighted by Crippen LogP contribution is 2.37. The number of piperidine rings is 1. The number of H-pyrrole nitrogens is 1. The fourth-order valence-electron chi connectivity index (χ4n) is 3.58. The molecule has 6 heteroatoms. The Morgan fingerprint density at radius 1 is 1.45 bits per heavy atom. The third-order valence-corrected chi connectivity index (χ3v) is 4.75. The Morgan fingerprint density at radius 3 is 3.00 bits per heavy atom. The van der Waals surface area contributed by atoms with E-state index >= 15 is 0 Å². The summed E-state index contributed by atoms with van der Waals surface area (Å²) in [5.74, 6) is 1.60. The van der Waals surface area contributed by atoms with Crippen LogP contribution in [-0.2, 0) is 0 Å². The highest BCUT2D eigenvalue weighted by molar-refractivity contribution is 5.86. The van der Waals surface area contributed by atoms with E-state index in [1.54, 1.807) is 0 Å². The van der Waals surface area contributed by atoms with Crippen LogP contribution in [0.4, 0.5) is 5.82 Å². The summed E-state index contributed by atoms with van der Waals surface area (Å²) < 4.78 is 0. The van der Waals surface area contributed by atoms with Gasteiger partial charge in [-0.15, -0.1) is 0 Å². The number of aromatic nitrogens is 3. The Morgan fingerprint density at radius 2 is 2.27 bits per heavy atom. The second-order valence-electron chi connectivity index (χ2n) is 6.33. The minimum Gasteiger partial charge on any atom is -0.396 e. The molecule has 3 N–H and O–H groups in total. The summed E-state index contributed by atoms with van der Waals surface area (Å²) >= 11 is 0. The summed E-state index contributed by atoms with van der Waals surface area (Å²) in [5.41, 5.74) is 1.36. The first kappa shape index (κ1) is 15.2. The molecule has 2 atom stereocenters. The first-order chi connectivity index (χ1) is 10.6. The third kappa shape index (κ3) is 2.46. The minimum absolute atomic E-state index is 0.00353. The van der Waals surface area contributed by atoms with Crippen molar-refractivity contribution < 1.29 is 10.2 Å². The largest absolute Gasteiger partial charge is 0.396 e. The number of nitrogens with one attached hydrogen (secondary N) is 1. The number of rotatable bonds is 4. The van der Waals surface area contributed by atoms with Gasteiger partial charge in [0.25, 0.3) is 0 Å². The molecule has 22 heavy (non-hydrogen) atoms. The van der Waals surface area contributed by atoms with E-state index in [-0.39, 0.29) is 6.61 Å². The molecule has 0 aliphatic carbocycles. The predicted molar refractivity (Wildman–Crippen MR) is 85.9 cm³/mol. The molecule has 0 radical (unpaired) electrons. The molecule has 0 unspecified atom stereocenters. The third-order valence-electron chi connectivity index (χ3n) is 4.75. The van der Waals surface area contributed by atoms with Crippen molar-refractivity contribution in [2.45, 2.75) is 39.2 Å². The molecule has 6 nitrogen and oxygen atoms in total. The maximum atomic E-state index is 10.4. The molecule has 0 saturated carbocycles. The Hall–Kier alpha value is -1.66. The van der Waals surface area contributed by atoms with Crippen LogP contribution in [0.2, 0.25) is 0 Å². The van der Waals surface area contributed by atoms with Gasteiger partial charge in [-0.2, -0.15) is 0 Å². The maximum absolute atomic E-state index is 10.4. The van der Waals surface area contributed by atoms with E-state index in [0.717, 1.165) is 42.1 Å². The summed E-state index contributed by atoms with van der Waals surface area (Å²) in [4.78, 5) is 14.4. The first-order valence-corrected chi connectivity index (χ1v) is 7.95. The number of aliphatic hydroxyl groups is 2. The zero-order chi connectivity index (χ0) is 15.7. The molecule has 1 aliphatic rings. The summed E-state index contributed by atoms with van der Waals surface area (Å²) in [6, 6.07) is 1.94. The number of fused-ring (bicyclic) bond motifs is 1. The van der Waals surface area contributed by atoms with Crippen LogP contribution in [0.1, 0.15) is 32.0 Å². The lowest BCUT2D eigenvalue weighted by Crippen LogP contribution is -2.54. The summed E-state index contributed by atoms with van der Waals surface area (Å²) in [5, 5.41) is 20.3. The van der Waals surface area contributed by atoms with Crippen LogP contribution in [0.3, 0.4) is 0 Å². The van der Waals surface area contributed by atoms with E-state index in [4.69, 9.17) is 0 Å². The number of aromatic amines is 1. The van der Waals surface area contributed by atoms with Gasteiger partial charge in [-0.05, 0) is 25.8 Å². The molecular weight excluding hydrogens is 280 g/mol. The lowest BCUT2D eigenvalue weighted by molar-refractivity contribution is -0.0352. The zero-order valence-corrected chi connectivity index (χ0v) is 13.2. The van der Waals surface area contributed by atoms with Crippen molar-refractivity contribution in [1.29, 1.82) is 0 Å². The summed E-state index contributed by atoms with van der Waals surface area (Å²) in [6.07, 6.45) is 3.79. The molecule has 1 aliphatic heterocycles. The van der Waals surface area contributed by atoms with E-state index in [1.165, 1.54) is 0 Å². The fraction of sp³-hybridized carbons (Fsp3) is 0.625. The average Bonchev–Trinajstić information content (AvgIpc) is 2.97. The number of anilines is 1. The average molecular weight is 304 g/mol. The van der Waals surface area contributed by atoms with Crippen LogP contribution in [0, 0.1) is 12.3 Å². The second-order valence-corrected chi connectivity index (χ2v) is 6.33. The molecule has 0 aromatic carbocycles. The zero-order valence-electron chi connectivity index (χ0n) is 13.2. The number of nitrogens with zero attached hydrogens (tertiary/aromatic N) is 3. The Labute approximate surface area is 130 Å². The van der Waals surface area contributed by atoms with E-state index in [0.29, 0.717) is 13.0 Å². The maximum Gasteiger partial charge on any atom is 0.156 e. The van der Waals surface area contributed by atoms with E-state index in [1.807, 2.05) is 19.2 Å². The van der Waals surface area contributed by atoms with Crippen LogP contribution in [0.15, 0.2) is 12.3 Å². The van der Waals surface area contributed by atoms with Gasteiger partial charge >= 0.3 is 0 Å². The normalized spacial score (nSPS) is 25.8. The van der Waals surface area contributed by atoms with Crippen LogP contribution < -0.4 is 4.90 Å². The molecule has 120 valence electrons. The standard InChI is InChI=1S/C16H24N4O2/c1-3-6-16(10-21)9-20(8-5-13(16)22)15-14-12(4-7-17-14)18-11(2)19-15/h4,7,13,17,21-22H,3,5-6,8-10H2,1-2H3/t13-,16-/m0/s1. The van der Waals surface area contributed by atoms with Gasteiger partial charge in [0, 0.05) is 24.7 Å². The molecule has 2 aromatic heterocycles. The van der Waals surface area contributed by atoms with Gasteiger partial charge in [0.15, 0.2) is 5.82 Å². The molecule has 2 aromatic rings. The van der Waals surface area contributed by atoms with Gasteiger partial charge in [0.2, 0.25) is 0 Å². The van der Waals surface area contributed by atoms with Gasteiger partial charge in [-0.25, -0.2) is 9.97 Å². The molecule has 1 fully saturated rings. The van der Waals surface area contributed by atoms with E-state index < -0.39 is 11.5 Å². The Kier molecular flexibility index (Phi) is 4.06. The predicted octanol–water partition coefficient (Wildman–Crippen LogP) is 1.62. The smallest absolute Gasteiger partial charge is 0.156 e. The summed E-state index contributed by atoms with van der Waals surface area (Å²) in [6.45, 7) is 5.32. The van der Waals surface area contributed by atoms with Gasteiger partial charge in [-0.3, -0.25) is 0 Å². The SMILES string of the molecule is CCC[C@@]1(CO)CN(c2nc(C)nc3cc[nH]c23)CC[C@@H]1O. The van der Waals surface area contributed by atoms with Gasteiger partial charge < -0.3 is 20.1 Å². The minimum atomic E-state index is -0.467. The molecule has 1 saturated heterocycles. The van der Waals surface area contributed by atoms with Crippen LogP contribution in [-0.4, -0.2) is 51.0 Å². The van der Waals surface area contributed by atoms with E-state index in [2.05, 4.69) is 26.8 Å². The number of hydrogen-bond acceptors (Lipinski definition) is 5. The highest BCUT2D eigenvalue weighted by atomic mass is 16.3. The van der Waals surface area contributed by atoms with Gasteiger partial charge in [0.05, 0.1) is 18.2 Å². The van der Waals surface area contributed by atoms with Crippen molar-refractivity contribution >= 4 is 16.9 Å². The monoisotopic (exact) mass is 304 g/mol. The molecule has 0 amide bonds. The first-order valence-electron chi connectivity index (χ1n) is 7.95. The Bertz CT molecular complexity index is 657. The fourth-order valence-corrected chi connectivity index (χ4v) is 3.58.